The number of amidine groups is 1. The van der Waals surface area contributed by atoms with Crippen molar-refractivity contribution in [3.63, 3.8) is 0 Å². The summed E-state index contributed by atoms with van der Waals surface area (Å²) < 4.78 is 57.0. The van der Waals surface area contributed by atoms with E-state index in [1.807, 2.05) is 13.8 Å². The number of nitrogens with two attached hydrogens (primary N) is 1. The molecule has 0 radical (unpaired) electrons. The van der Waals surface area contributed by atoms with Crippen LogP contribution >= 0.6 is 0 Å². The van der Waals surface area contributed by atoms with Crippen molar-refractivity contribution in [3.05, 3.63) is 29.6 Å². The van der Waals surface area contributed by atoms with Gasteiger partial charge in [-0.25, -0.2) is 4.39 Å². The van der Waals surface area contributed by atoms with Crippen LogP contribution in [-0.4, -0.2) is 30.1 Å². The molecule has 1 aromatic carbocycles. The molecular weight excluding hydrogens is 354 g/mol. The first-order valence-corrected chi connectivity index (χ1v) is 7.94. The molecule has 0 bridgehead atoms. The van der Waals surface area contributed by atoms with E-state index in [-0.39, 0.29) is 30.1 Å². The third kappa shape index (κ3) is 5.17. The standard InChI is InChI=1S/C17H21F4N3O2/c1-15(2)9-16(3,24-13(22)8-26-15)11-6-10(4-5-12(11)18)23-14(25)7-17(19,20)21/h4-6H,7-9H2,1-3H3,(H2,22,24)(H,23,25)/t16-/m1/s1. The van der Waals surface area contributed by atoms with Crippen molar-refractivity contribution in [2.45, 2.75) is 50.9 Å². The highest BCUT2D eigenvalue weighted by atomic mass is 19.4. The largest absolute Gasteiger partial charge is 0.397 e. The maximum atomic E-state index is 14.5. The minimum Gasteiger partial charge on any atom is -0.386 e. The summed E-state index contributed by atoms with van der Waals surface area (Å²) in [7, 11) is 0. The molecule has 0 spiro atoms. The Morgan fingerprint density at radius 3 is 2.62 bits per heavy atom. The molecular formula is C17H21F4N3O2. The summed E-state index contributed by atoms with van der Waals surface area (Å²) in [6.45, 7) is 5.38. The lowest BCUT2D eigenvalue weighted by Crippen LogP contribution is -2.33. The summed E-state index contributed by atoms with van der Waals surface area (Å²) in [5.74, 6) is -1.65. The van der Waals surface area contributed by atoms with Crippen molar-refractivity contribution >= 4 is 17.4 Å². The van der Waals surface area contributed by atoms with Gasteiger partial charge in [0.2, 0.25) is 5.91 Å². The monoisotopic (exact) mass is 375 g/mol. The first-order chi connectivity index (χ1) is 11.8. The van der Waals surface area contributed by atoms with E-state index in [2.05, 4.69) is 10.3 Å². The van der Waals surface area contributed by atoms with E-state index in [4.69, 9.17) is 10.5 Å². The predicted molar refractivity (Wildman–Crippen MR) is 89.3 cm³/mol. The maximum absolute atomic E-state index is 14.5. The van der Waals surface area contributed by atoms with Crippen molar-refractivity contribution in [1.29, 1.82) is 0 Å². The summed E-state index contributed by atoms with van der Waals surface area (Å²) in [6, 6.07) is 3.55. The van der Waals surface area contributed by atoms with E-state index in [1.165, 1.54) is 12.1 Å². The Morgan fingerprint density at radius 1 is 1.35 bits per heavy atom. The van der Waals surface area contributed by atoms with Gasteiger partial charge in [-0.15, -0.1) is 0 Å². The summed E-state index contributed by atoms with van der Waals surface area (Å²) in [5, 5.41) is 2.13. The molecule has 1 amide bonds. The predicted octanol–water partition coefficient (Wildman–Crippen LogP) is 3.49. The number of carbonyl (C=O) groups is 1. The average Bonchev–Trinajstić information content (AvgIpc) is 2.54. The van der Waals surface area contributed by atoms with E-state index < -0.39 is 35.5 Å². The van der Waals surface area contributed by atoms with Gasteiger partial charge in [-0.05, 0) is 39.0 Å². The molecule has 1 aromatic rings. The maximum Gasteiger partial charge on any atom is 0.397 e. The Morgan fingerprint density at radius 2 is 2.00 bits per heavy atom. The van der Waals surface area contributed by atoms with Gasteiger partial charge in [0.15, 0.2) is 0 Å². The summed E-state index contributed by atoms with van der Waals surface area (Å²) in [6.07, 6.45) is -5.96. The highest BCUT2D eigenvalue weighted by molar-refractivity contribution is 5.91. The Kier molecular flexibility index (Phi) is 5.32. The Balaban J connectivity index is 2.36. The zero-order chi connectivity index (χ0) is 19.8. The van der Waals surface area contributed by atoms with E-state index in [9.17, 15) is 22.4 Å². The Labute approximate surface area is 148 Å². The van der Waals surface area contributed by atoms with Crippen LogP contribution in [0.1, 0.15) is 39.2 Å². The molecule has 5 nitrogen and oxygen atoms in total. The fraction of sp³-hybridized carbons (Fsp3) is 0.529. The fourth-order valence-corrected chi connectivity index (χ4v) is 3.10. The van der Waals surface area contributed by atoms with Crippen LogP contribution in [-0.2, 0) is 15.1 Å². The van der Waals surface area contributed by atoms with Crippen LogP contribution in [0.25, 0.3) is 0 Å². The molecule has 1 atom stereocenters. The summed E-state index contributed by atoms with van der Waals surface area (Å²) in [4.78, 5) is 15.8. The van der Waals surface area contributed by atoms with Crippen molar-refractivity contribution < 1.29 is 27.1 Å². The molecule has 0 unspecified atom stereocenters. The number of ether oxygens (including phenoxy) is 1. The van der Waals surface area contributed by atoms with Crippen molar-refractivity contribution in [2.24, 2.45) is 10.7 Å². The zero-order valence-corrected chi connectivity index (χ0v) is 14.7. The number of nitrogens with zero attached hydrogens (tertiary/aromatic N) is 1. The number of anilines is 1. The van der Waals surface area contributed by atoms with Gasteiger partial charge in [0.25, 0.3) is 0 Å². The first kappa shape index (κ1) is 20.2. The molecule has 0 aliphatic carbocycles. The van der Waals surface area contributed by atoms with Gasteiger partial charge in [0.05, 0.1) is 11.1 Å². The van der Waals surface area contributed by atoms with E-state index in [0.29, 0.717) is 0 Å². The van der Waals surface area contributed by atoms with Crippen LogP contribution in [0.5, 0.6) is 0 Å². The van der Waals surface area contributed by atoms with Crippen LogP contribution in [0.4, 0.5) is 23.2 Å². The van der Waals surface area contributed by atoms with Gasteiger partial charge in [0, 0.05) is 17.7 Å². The van der Waals surface area contributed by atoms with E-state index in [1.54, 1.807) is 6.92 Å². The van der Waals surface area contributed by atoms with Crippen molar-refractivity contribution in [1.82, 2.24) is 0 Å². The summed E-state index contributed by atoms with van der Waals surface area (Å²) >= 11 is 0. The van der Waals surface area contributed by atoms with Crippen LogP contribution < -0.4 is 11.1 Å². The number of halogens is 4. The molecule has 1 aliphatic heterocycles. The van der Waals surface area contributed by atoms with Crippen LogP contribution in [0.15, 0.2) is 23.2 Å². The Bertz CT molecular complexity index is 731. The molecule has 0 fully saturated rings. The molecule has 9 heteroatoms. The van der Waals surface area contributed by atoms with Gasteiger partial charge < -0.3 is 15.8 Å². The number of benzene rings is 1. The van der Waals surface area contributed by atoms with Gasteiger partial charge in [-0.1, -0.05) is 0 Å². The molecule has 0 saturated carbocycles. The molecule has 3 N–H and O–H groups in total. The molecule has 26 heavy (non-hydrogen) atoms. The van der Waals surface area contributed by atoms with Crippen LogP contribution in [0.2, 0.25) is 0 Å². The number of alkyl halides is 3. The number of aliphatic imine (C=N–C) groups is 1. The lowest BCUT2D eigenvalue weighted by molar-refractivity contribution is -0.150. The number of rotatable bonds is 3. The number of carbonyl (C=O) groups excluding carboxylic acids is 1. The number of hydrogen-bond donors (Lipinski definition) is 2. The number of amides is 1. The fourth-order valence-electron chi connectivity index (χ4n) is 3.10. The Hall–Kier alpha value is -2.16. The lowest BCUT2D eigenvalue weighted by atomic mass is 9.82. The smallest absolute Gasteiger partial charge is 0.386 e. The minimum atomic E-state index is -4.62. The quantitative estimate of drug-likeness (QED) is 0.794. The van der Waals surface area contributed by atoms with Gasteiger partial charge in [-0.2, -0.15) is 13.2 Å². The van der Waals surface area contributed by atoms with E-state index >= 15 is 0 Å². The highest BCUT2D eigenvalue weighted by Gasteiger charge is 2.39. The molecule has 0 saturated heterocycles. The SMILES string of the molecule is CC1(C)C[C@](C)(c2cc(NC(=O)CC(F)(F)F)ccc2F)N=C(N)CO1. The van der Waals surface area contributed by atoms with Crippen LogP contribution in [0, 0.1) is 5.82 Å². The van der Waals surface area contributed by atoms with Gasteiger partial charge in [0.1, 0.15) is 24.7 Å². The molecule has 1 aliphatic rings. The van der Waals surface area contributed by atoms with Crippen molar-refractivity contribution in [3.8, 4) is 0 Å². The number of hydrogen-bond acceptors (Lipinski definition) is 4. The second kappa shape index (κ2) is 6.86. The molecule has 0 aromatic heterocycles. The second-order valence-electron chi connectivity index (χ2n) is 7.14. The highest BCUT2D eigenvalue weighted by Crippen LogP contribution is 2.39. The minimum absolute atomic E-state index is 0.0496. The average molecular weight is 375 g/mol. The van der Waals surface area contributed by atoms with Crippen LogP contribution in [0.3, 0.4) is 0 Å². The summed E-state index contributed by atoms with van der Waals surface area (Å²) in [5.41, 5.74) is 4.23. The zero-order valence-electron chi connectivity index (χ0n) is 14.7. The van der Waals surface area contributed by atoms with Gasteiger partial charge >= 0.3 is 6.18 Å². The third-order valence-corrected chi connectivity index (χ3v) is 3.96. The molecule has 144 valence electrons. The van der Waals surface area contributed by atoms with Gasteiger partial charge in [-0.3, -0.25) is 9.79 Å². The molecule has 2 rings (SSSR count). The first-order valence-electron chi connectivity index (χ1n) is 7.94. The van der Waals surface area contributed by atoms with E-state index in [0.717, 1.165) is 6.07 Å². The topological polar surface area (TPSA) is 76.7 Å². The number of nitrogens with one attached hydrogen (secondary N) is 1. The second-order valence-corrected chi connectivity index (χ2v) is 7.14. The lowest BCUT2D eigenvalue weighted by Gasteiger charge is -2.33. The molecule has 1 heterocycles. The van der Waals surface area contributed by atoms with Crippen molar-refractivity contribution in [2.75, 3.05) is 11.9 Å². The third-order valence-electron chi connectivity index (χ3n) is 3.96. The normalized spacial score (nSPS) is 23.1.